The topological polar surface area (TPSA) is 21.3 Å². The molecule has 0 saturated heterocycles. The van der Waals surface area contributed by atoms with E-state index in [0.29, 0.717) is 0 Å². The molecular formula is C15H21NO. The van der Waals surface area contributed by atoms with Gasteiger partial charge >= 0.3 is 0 Å². The van der Waals surface area contributed by atoms with Crippen LogP contribution in [0.4, 0.5) is 0 Å². The van der Waals surface area contributed by atoms with Gasteiger partial charge in [-0.15, -0.1) is 6.42 Å². The van der Waals surface area contributed by atoms with Crippen molar-refractivity contribution in [1.29, 1.82) is 0 Å². The number of terminal acetylenes is 1. The second-order valence-corrected chi connectivity index (χ2v) is 4.17. The van der Waals surface area contributed by atoms with Crippen LogP contribution in [0.2, 0.25) is 0 Å². The third-order valence-corrected chi connectivity index (χ3v) is 2.82. The molecular weight excluding hydrogens is 210 g/mol. The summed E-state index contributed by atoms with van der Waals surface area (Å²) in [6.45, 7) is 4.26. The number of rotatable bonds is 6. The van der Waals surface area contributed by atoms with E-state index in [0.717, 1.165) is 18.6 Å². The summed E-state index contributed by atoms with van der Waals surface area (Å²) in [6.07, 6.45) is 7.60. The number of methoxy groups -OCH3 is 1. The second-order valence-electron chi connectivity index (χ2n) is 4.17. The maximum absolute atomic E-state index is 5.50. The number of benzene rings is 1. The molecule has 0 saturated carbocycles. The molecule has 0 spiro atoms. The zero-order chi connectivity index (χ0) is 12.7. The van der Waals surface area contributed by atoms with Gasteiger partial charge in [0, 0.05) is 6.04 Å². The molecule has 0 heterocycles. The standard InChI is InChI=1S/C15H21NO/c1-5-8-14(6-2)16-12(3)13-9-7-10-15(11-13)17-4/h2,7,9-12,14,16H,5,8H2,1,3-4H3. The van der Waals surface area contributed by atoms with Gasteiger partial charge in [0.15, 0.2) is 0 Å². The fraction of sp³-hybridized carbons (Fsp3) is 0.467. The van der Waals surface area contributed by atoms with Crippen LogP contribution in [0.25, 0.3) is 0 Å². The Bertz CT molecular complexity index is 381. The van der Waals surface area contributed by atoms with E-state index in [4.69, 9.17) is 11.2 Å². The summed E-state index contributed by atoms with van der Waals surface area (Å²) in [4.78, 5) is 0. The average molecular weight is 231 g/mol. The molecule has 0 aliphatic carbocycles. The molecule has 0 radical (unpaired) electrons. The van der Waals surface area contributed by atoms with Crippen LogP contribution in [0.1, 0.15) is 38.3 Å². The van der Waals surface area contributed by atoms with Gasteiger partial charge in [0.25, 0.3) is 0 Å². The Morgan fingerprint density at radius 2 is 2.24 bits per heavy atom. The number of nitrogens with one attached hydrogen (secondary N) is 1. The van der Waals surface area contributed by atoms with Crippen LogP contribution in [0.15, 0.2) is 24.3 Å². The molecule has 2 heteroatoms. The summed E-state index contributed by atoms with van der Waals surface area (Å²) in [5.74, 6) is 3.67. The zero-order valence-electron chi connectivity index (χ0n) is 10.9. The fourth-order valence-corrected chi connectivity index (χ4v) is 1.81. The number of ether oxygens (including phenoxy) is 1. The first-order valence-corrected chi connectivity index (χ1v) is 6.07. The lowest BCUT2D eigenvalue weighted by atomic mass is 10.1. The van der Waals surface area contributed by atoms with E-state index in [1.807, 2.05) is 18.2 Å². The average Bonchev–Trinajstić information content (AvgIpc) is 2.38. The molecule has 2 atom stereocenters. The lowest BCUT2D eigenvalue weighted by Gasteiger charge is -2.19. The Hall–Kier alpha value is -1.46. The van der Waals surface area contributed by atoms with Gasteiger partial charge < -0.3 is 4.74 Å². The van der Waals surface area contributed by atoms with Crippen LogP contribution in [-0.4, -0.2) is 13.2 Å². The maximum atomic E-state index is 5.50. The van der Waals surface area contributed by atoms with Crippen LogP contribution < -0.4 is 10.1 Å². The van der Waals surface area contributed by atoms with Crippen LogP contribution in [0.3, 0.4) is 0 Å². The summed E-state index contributed by atoms with van der Waals surface area (Å²) >= 11 is 0. The van der Waals surface area contributed by atoms with Crippen LogP contribution in [0.5, 0.6) is 5.75 Å². The molecule has 92 valence electrons. The van der Waals surface area contributed by atoms with Crippen LogP contribution in [-0.2, 0) is 0 Å². The fourth-order valence-electron chi connectivity index (χ4n) is 1.81. The van der Waals surface area contributed by atoms with Gasteiger partial charge in [0.1, 0.15) is 5.75 Å². The Labute approximate surface area is 104 Å². The molecule has 2 nitrogen and oxygen atoms in total. The summed E-state index contributed by atoms with van der Waals surface area (Å²) < 4.78 is 5.22. The third kappa shape index (κ3) is 4.13. The zero-order valence-corrected chi connectivity index (χ0v) is 10.9. The highest BCUT2D eigenvalue weighted by molar-refractivity contribution is 5.30. The van der Waals surface area contributed by atoms with E-state index in [2.05, 4.69) is 31.2 Å². The minimum atomic E-state index is 0.140. The van der Waals surface area contributed by atoms with Gasteiger partial charge in [0.05, 0.1) is 13.2 Å². The summed E-state index contributed by atoms with van der Waals surface area (Å²) in [5.41, 5.74) is 1.20. The Balaban J connectivity index is 2.68. The normalized spacial score (nSPS) is 13.8. The van der Waals surface area contributed by atoms with Crippen molar-refractivity contribution in [2.45, 2.75) is 38.8 Å². The Morgan fingerprint density at radius 3 is 2.82 bits per heavy atom. The third-order valence-electron chi connectivity index (χ3n) is 2.82. The largest absolute Gasteiger partial charge is 0.497 e. The smallest absolute Gasteiger partial charge is 0.119 e. The van der Waals surface area contributed by atoms with Crippen molar-refractivity contribution in [3.05, 3.63) is 29.8 Å². The molecule has 0 aromatic heterocycles. The SMILES string of the molecule is C#CC(CCC)NC(C)c1cccc(OC)c1. The van der Waals surface area contributed by atoms with E-state index in [-0.39, 0.29) is 12.1 Å². The lowest BCUT2D eigenvalue weighted by Crippen LogP contribution is -2.30. The highest BCUT2D eigenvalue weighted by Crippen LogP contribution is 2.19. The number of hydrogen-bond acceptors (Lipinski definition) is 2. The summed E-state index contributed by atoms with van der Waals surface area (Å²) in [6, 6.07) is 8.44. The molecule has 0 aliphatic heterocycles. The van der Waals surface area contributed by atoms with Crippen molar-refractivity contribution in [1.82, 2.24) is 5.32 Å². The van der Waals surface area contributed by atoms with E-state index in [9.17, 15) is 0 Å². The first kappa shape index (κ1) is 13.6. The van der Waals surface area contributed by atoms with Crippen molar-refractivity contribution in [2.24, 2.45) is 0 Å². The second kappa shape index (κ2) is 6.98. The van der Waals surface area contributed by atoms with Gasteiger partial charge in [0.2, 0.25) is 0 Å². The molecule has 1 rings (SSSR count). The molecule has 2 unspecified atom stereocenters. The van der Waals surface area contributed by atoms with E-state index in [1.165, 1.54) is 5.56 Å². The minimum absolute atomic E-state index is 0.140. The molecule has 1 N–H and O–H groups in total. The van der Waals surface area contributed by atoms with Gasteiger partial charge in [-0.3, -0.25) is 5.32 Å². The quantitative estimate of drug-likeness (QED) is 0.759. The van der Waals surface area contributed by atoms with E-state index < -0.39 is 0 Å². The van der Waals surface area contributed by atoms with Gasteiger partial charge in [-0.2, -0.15) is 0 Å². The van der Waals surface area contributed by atoms with Crippen molar-refractivity contribution < 1.29 is 4.74 Å². The Morgan fingerprint density at radius 1 is 1.47 bits per heavy atom. The molecule has 0 fully saturated rings. The first-order valence-electron chi connectivity index (χ1n) is 6.07. The minimum Gasteiger partial charge on any atom is -0.497 e. The Kier molecular flexibility index (Phi) is 5.59. The first-order chi connectivity index (χ1) is 8.21. The molecule has 0 amide bonds. The molecule has 17 heavy (non-hydrogen) atoms. The highest BCUT2D eigenvalue weighted by atomic mass is 16.5. The monoisotopic (exact) mass is 231 g/mol. The highest BCUT2D eigenvalue weighted by Gasteiger charge is 2.10. The van der Waals surface area contributed by atoms with Crippen molar-refractivity contribution in [2.75, 3.05) is 7.11 Å². The van der Waals surface area contributed by atoms with Crippen LogP contribution >= 0.6 is 0 Å². The molecule has 0 aliphatic rings. The van der Waals surface area contributed by atoms with Gasteiger partial charge in [-0.25, -0.2) is 0 Å². The van der Waals surface area contributed by atoms with E-state index in [1.54, 1.807) is 7.11 Å². The summed E-state index contributed by atoms with van der Waals surface area (Å²) in [5, 5.41) is 3.44. The molecule has 0 bridgehead atoms. The maximum Gasteiger partial charge on any atom is 0.119 e. The van der Waals surface area contributed by atoms with Crippen molar-refractivity contribution >= 4 is 0 Å². The molecule has 1 aromatic rings. The summed E-state index contributed by atoms with van der Waals surface area (Å²) in [7, 11) is 1.68. The van der Waals surface area contributed by atoms with Crippen molar-refractivity contribution in [3.63, 3.8) is 0 Å². The van der Waals surface area contributed by atoms with E-state index >= 15 is 0 Å². The van der Waals surface area contributed by atoms with Crippen LogP contribution in [0, 0.1) is 12.3 Å². The predicted octanol–water partition coefficient (Wildman–Crippen LogP) is 3.15. The van der Waals surface area contributed by atoms with Crippen molar-refractivity contribution in [3.8, 4) is 18.1 Å². The van der Waals surface area contributed by atoms with Gasteiger partial charge in [-0.05, 0) is 31.0 Å². The number of hydrogen-bond donors (Lipinski definition) is 1. The molecule has 1 aromatic carbocycles. The predicted molar refractivity (Wildman–Crippen MR) is 72.1 cm³/mol. The van der Waals surface area contributed by atoms with Gasteiger partial charge in [-0.1, -0.05) is 31.4 Å². The lowest BCUT2D eigenvalue weighted by molar-refractivity contribution is 0.412.